The van der Waals surface area contributed by atoms with Crippen LogP contribution in [0.2, 0.25) is 0 Å². The molecule has 0 saturated carbocycles. The molecule has 1 heterocycles. The van der Waals surface area contributed by atoms with Gasteiger partial charge < -0.3 is 14.4 Å². The normalized spacial score (nSPS) is 16.4. The van der Waals surface area contributed by atoms with Gasteiger partial charge in [-0.05, 0) is 37.3 Å². The quantitative estimate of drug-likeness (QED) is 0.887. The van der Waals surface area contributed by atoms with Gasteiger partial charge in [0.25, 0.3) is 10.0 Å². The summed E-state index contributed by atoms with van der Waals surface area (Å²) in [6.45, 7) is 3.67. The molecule has 26 heavy (non-hydrogen) atoms. The molecule has 1 aliphatic rings. The molecule has 0 bridgehead atoms. The average molecular weight is 376 g/mol. The van der Waals surface area contributed by atoms with Crippen molar-refractivity contribution in [3.05, 3.63) is 42.5 Å². The molecule has 1 amide bonds. The van der Waals surface area contributed by atoms with Gasteiger partial charge in [-0.15, -0.1) is 0 Å². The van der Waals surface area contributed by atoms with Gasteiger partial charge in [0.05, 0.1) is 29.9 Å². The first-order valence-electron chi connectivity index (χ1n) is 8.06. The summed E-state index contributed by atoms with van der Waals surface area (Å²) in [5.74, 6) is 0.858. The highest BCUT2D eigenvalue weighted by Gasteiger charge is 2.27. The van der Waals surface area contributed by atoms with E-state index in [9.17, 15) is 13.2 Å². The first-order chi connectivity index (χ1) is 12.3. The lowest BCUT2D eigenvalue weighted by molar-refractivity contribution is -0.117. The van der Waals surface area contributed by atoms with Crippen LogP contribution >= 0.6 is 0 Å². The summed E-state index contributed by atoms with van der Waals surface area (Å²) < 4.78 is 38.8. The molecule has 8 heteroatoms. The van der Waals surface area contributed by atoms with Crippen molar-refractivity contribution in [1.29, 1.82) is 0 Å². The lowest BCUT2D eigenvalue weighted by Crippen LogP contribution is -2.41. The highest BCUT2D eigenvalue weighted by molar-refractivity contribution is 7.92. The molecule has 0 spiro atoms. The van der Waals surface area contributed by atoms with Crippen LogP contribution in [0.25, 0.3) is 0 Å². The fourth-order valence-corrected chi connectivity index (χ4v) is 3.85. The molecule has 0 aromatic heterocycles. The van der Waals surface area contributed by atoms with Crippen molar-refractivity contribution in [1.82, 2.24) is 0 Å². The number of carbonyl (C=O) groups is 1. The maximum absolute atomic E-state index is 12.7. The van der Waals surface area contributed by atoms with Gasteiger partial charge in [-0.2, -0.15) is 0 Å². The Labute approximate surface area is 152 Å². The monoisotopic (exact) mass is 376 g/mol. The van der Waals surface area contributed by atoms with Crippen molar-refractivity contribution < 1.29 is 22.7 Å². The van der Waals surface area contributed by atoms with Gasteiger partial charge >= 0.3 is 0 Å². The first kappa shape index (κ1) is 18.1. The summed E-state index contributed by atoms with van der Waals surface area (Å²) in [7, 11) is -2.33. The van der Waals surface area contributed by atoms with Crippen LogP contribution in [0.15, 0.2) is 47.4 Å². The summed E-state index contributed by atoms with van der Waals surface area (Å²) in [4.78, 5) is 13.5. The van der Waals surface area contributed by atoms with E-state index in [0.29, 0.717) is 29.4 Å². The number of carbonyl (C=O) groups excluding carboxylic acids is 1. The fourth-order valence-electron chi connectivity index (χ4n) is 2.78. The van der Waals surface area contributed by atoms with Crippen LogP contribution in [0, 0.1) is 0 Å². The Morgan fingerprint density at radius 1 is 1.27 bits per heavy atom. The Balaban J connectivity index is 1.96. The molecular formula is C18H20N2O5S. The predicted molar refractivity (Wildman–Crippen MR) is 98.4 cm³/mol. The molecule has 3 rings (SSSR count). The third-order valence-corrected chi connectivity index (χ3v) is 5.38. The summed E-state index contributed by atoms with van der Waals surface area (Å²) >= 11 is 0. The third kappa shape index (κ3) is 3.60. The van der Waals surface area contributed by atoms with Crippen LogP contribution < -0.4 is 19.1 Å². The Morgan fingerprint density at radius 2 is 2.04 bits per heavy atom. The number of sulfonamides is 1. The third-order valence-electron chi connectivity index (χ3n) is 4.00. The number of fused-ring (bicyclic) bond motifs is 1. The van der Waals surface area contributed by atoms with Gasteiger partial charge in [0.1, 0.15) is 17.6 Å². The number of nitrogens with one attached hydrogen (secondary N) is 1. The number of amides is 1. The average Bonchev–Trinajstić information content (AvgIpc) is 2.60. The van der Waals surface area contributed by atoms with Crippen molar-refractivity contribution in [3.63, 3.8) is 0 Å². The van der Waals surface area contributed by atoms with E-state index in [-0.39, 0.29) is 16.9 Å². The van der Waals surface area contributed by atoms with E-state index in [0.717, 1.165) is 0 Å². The molecule has 1 unspecified atom stereocenters. The zero-order valence-electron chi connectivity index (χ0n) is 14.7. The molecule has 1 N–H and O–H groups in total. The Hall–Kier alpha value is -2.74. The van der Waals surface area contributed by atoms with Gasteiger partial charge in [-0.25, -0.2) is 8.42 Å². The molecule has 1 aliphatic heterocycles. The number of ether oxygens (including phenoxy) is 2. The topological polar surface area (TPSA) is 84.9 Å². The molecule has 2 aromatic carbocycles. The second-order valence-electron chi connectivity index (χ2n) is 6.03. The minimum Gasteiger partial charge on any atom is -0.497 e. The first-order valence-corrected chi connectivity index (χ1v) is 9.54. The van der Waals surface area contributed by atoms with E-state index in [1.165, 1.54) is 31.1 Å². The highest BCUT2D eigenvalue weighted by Crippen LogP contribution is 2.36. The van der Waals surface area contributed by atoms with E-state index >= 15 is 0 Å². The summed E-state index contributed by atoms with van der Waals surface area (Å²) in [5, 5.41) is 0. The van der Waals surface area contributed by atoms with Gasteiger partial charge in [-0.1, -0.05) is 6.07 Å². The predicted octanol–water partition coefficient (Wildman–Crippen LogP) is 2.63. The van der Waals surface area contributed by atoms with Crippen molar-refractivity contribution >= 4 is 27.3 Å². The van der Waals surface area contributed by atoms with Crippen molar-refractivity contribution in [2.45, 2.75) is 24.8 Å². The van der Waals surface area contributed by atoms with Crippen LogP contribution in [-0.4, -0.2) is 34.1 Å². The number of nitrogens with zero attached hydrogens (tertiary/aromatic N) is 1. The highest BCUT2D eigenvalue weighted by atomic mass is 32.2. The second-order valence-corrected chi connectivity index (χ2v) is 7.71. The maximum atomic E-state index is 12.7. The van der Waals surface area contributed by atoms with Crippen LogP contribution in [0.1, 0.15) is 13.8 Å². The van der Waals surface area contributed by atoms with E-state index in [1.807, 2.05) is 6.92 Å². The smallest absolute Gasteiger partial charge is 0.261 e. The van der Waals surface area contributed by atoms with E-state index in [1.54, 1.807) is 30.3 Å². The molecule has 0 radical (unpaired) electrons. The number of hydrogen-bond acceptors (Lipinski definition) is 5. The molecule has 7 nitrogen and oxygen atoms in total. The Morgan fingerprint density at radius 3 is 2.73 bits per heavy atom. The molecule has 0 saturated heterocycles. The van der Waals surface area contributed by atoms with Gasteiger partial charge in [-0.3, -0.25) is 9.52 Å². The molecule has 2 aromatic rings. The van der Waals surface area contributed by atoms with Gasteiger partial charge in [0.15, 0.2) is 0 Å². The minimum absolute atomic E-state index is 0.0449. The standard InChI is InChI=1S/C18H20N2O5S/c1-12-11-20(13(2)21)17-10-16(7-8-18(17)25-12)26(22,23)19-14-5-4-6-15(9-14)24-3/h4-10,12,19H,11H2,1-3H3. The van der Waals surface area contributed by atoms with E-state index in [2.05, 4.69) is 4.72 Å². The van der Waals surface area contributed by atoms with Crippen LogP contribution in [0.4, 0.5) is 11.4 Å². The van der Waals surface area contributed by atoms with Crippen molar-refractivity contribution in [2.75, 3.05) is 23.3 Å². The van der Waals surface area contributed by atoms with Gasteiger partial charge in [0, 0.05) is 13.0 Å². The van der Waals surface area contributed by atoms with Crippen LogP contribution in [-0.2, 0) is 14.8 Å². The number of methoxy groups -OCH3 is 1. The van der Waals surface area contributed by atoms with E-state index in [4.69, 9.17) is 9.47 Å². The molecule has 138 valence electrons. The molecule has 1 atom stereocenters. The number of hydrogen-bond donors (Lipinski definition) is 1. The van der Waals surface area contributed by atoms with E-state index < -0.39 is 10.0 Å². The number of rotatable bonds is 4. The minimum atomic E-state index is -3.83. The Kier molecular flexibility index (Phi) is 4.78. The van der Waals surface area contributed by atoms with Gasteiger partial charge in [0.2, 0.25) is 5.91 Å². The lowest BCUT2D eigenvalue weighted by atomic mass is 10.2. The summed E-state index contributed by atoms with van der Waals surface area (Å²) in [6.07, 6.45) is -0.163. The molecule has 0 fully saturated rings. The van der Waals surface area contributed by atoms with Crippen molar-refractivity contribution in [2.24, 2.45) is 0 Å². The SMILES string of the molecule is COc1cccc(NS(=O)(=O)c2ccc3c(c2)N(C(C)=O)CC(C)O3)c1. The Bertz CT molecular complexity index is 942. The zero-order chi connectivity index (χ0) is 18.9. The largest absolute Gasteiger partial charge is 0.497 e. The maximum Gasteiger partial charge on any atom is 0.261 e. The summed E-state index contributed by atoms with van der Waals surface area (Å²) in [6, 6.07) is 11.1. The number of benzene rings is 2. The lowest BCUT2D eigenvalue weighted by Gasteiger charge is -2.33. The van der Waals surface area contributed by atoms with Crippen LogP contribution in [0.5, 0.6) is 11.5 Å². The second kappa shape index (κ2) is 6.87. The fraction of sp³-hybridized carbons (Fsp3) is 0.278. The van der Waals surface area contributed by atoms with Crippen LogP contribution in [0.3, 0.4) is 0 Å². The summed E-state index contributed by atoms with van der Waals surface area (Å²) in [5.41, 5.74) is 0.833. The number of anilines is 2. The van der Waals surface area contributed by atoms with Crippen molar-refractivity contribution in [3.8, 4) is 11.5 Å². The molecular weight excluding hydrogens is 356 g/mol. The zero-order valence-corrected chi connectivity index (χ0v) is 15.5. The molecule has 0 aliphatic carbocycles.